The third kappa shape index (κ3) is 3.74. The van der Waals surface area contributed by atoms with Gasteiger partial charge in [-0.1, -0.05) is 18.6 Å². The molecule has 1 saturated carbocycles. The van der Waals surface area contributed by atoms with Crippen LogP contribution < -0.4 is 10.0 Å². The average Bonchev–Trinajstić information content (AvgIpc) is 2.79. The highest BCUT2D eigenvalue weighted by molar-refractivity contribution is 7.89. The third-order valence-corrected chi connectivity index (χ3v) is 5.11. The van der Waals surface area contributed by atoms with Gasteiger partial charge in [0.1, 0.15) is 5.52 Å². The predicted octanol–water partition coefficient (Wildman–Crippen LogP) is 1.96. The Kier molecular flexibility index (Phi) is 4.12. The van der Waals surface area contributed by atoms with Gasteiger partial charge in [-0.25, -0.2) is 13.1 Å². The number of para-hydroxylation sites is 2. The summed E-state index contributed by atoms with van der Waals surface area (Å²) < 4.78 is 31.8. The topological polar surface area (TPSA) is 84.2 Å². The number of hydrogen-bond donors (Lipinski definition) is 2. The number of fused-ring (bicyclic) bond motifs is 1. The summed E-state index contributed by atoms with van der Waals surface area (Å²) in [7, 11) is -3.24. The quantitative estimate of drug-likeness (QED) is 0.817. The molecular formula is C14H19N3O3S. The summed E-state index contributed by atoms with van der Waals surface area (Å²) in [6, 6.07) is 7.77. The number of rotatable bonds is 7. The van der Waals surface area contributed by atoms with Crippen LogP contribution in [0.3, 0.4) is 0 Å². The molecule has 21 heavy (non-hydrogen) atoms. The van der Waals surface area contributed by atoms with E-state index in [9.17, 15) is 8.42 Å². The summed E-state index contributed by atoms with van der Waals surface area (Å²) in [5, 5.41) is 2.91. The Hall–Kier alpha value is -1.60. The van der Waals surface area contributed by atoms with Crippen molar-refractivity contribution in [3.05, 3.63) is 24.3 Å². The van der Waals surface area contributed by atoms with Crippen LogP contribution in [0.25, 0.3) is 11.1 Å². The molecule has 7 heteroatoms. The van der Waals surface area contributed by atoms with Gasteiger partial charge in [-0.05, 0) is 30.9 Å². The molecule has 6 nitrogen and oxygen atoms in total. The lowest BCUT2D eigenvalue weighted by atomic mass is 9.86. The van der Waals surface area contributed by atoms with E-state index in [1.165, 1.54) is 6.42 Å². The highest BCUT2D eigenvalue weighted by Crippen LogP contribution is 2.25. The van der Waals surface area contributed by atoms with Crippen molar-refractivity contribution in [1.29, 1.82) is 0 Å². The number of benzene rings is 1. The van der Waals surface area contributed by atoms with Gasteiger partial charge in [0, 0.05) is 13.1 Å². The van der Waals surface area contributed by atoms with Crippen molar-refractivity contribution >= 4 is 27.1 Å². The Morgan fingerprint density at radius 2 is 2.10 bits per heavy atom. The molecule has 1 aromatic carbocycles. The van der Waals surface area contributed by atoms with Crippen LogP contribution in [0, 0.1) is 5.92 Å². The molecule has 0 saturated heterocycles. The fraction of sp³-hybridized carbons (Fsp3) is 0.500. The fourth-order valence-corrected chi connectivity index (χ4v) is 3.26. The number of aromatic nitrogens is 1. The smallest absolute Gasteiger partial charge is 0.295 e. The Morgan fingerprint density at radius 1 is 1.29 bits per heavy atom. The van der Waals surface area contributed by atoms with Gasteiger partial charge in [0.25, 0.3) is 6.01 Å². The molecule has 1 heterocycles. The highest BCUT2D eigenvalue weighted by atomic mass is 32.2. The first-order chi connectivity index (χ1) is 10.1. The summed E-state index contributed by atoms with van der Waals surface area (Å²) in [4.78, 5) is 4.24. The molecule has 0 bridgehead atoms. The van der Waals surface area contributed by atoms with E-state index in [0.717, 1.165) is 18.4 Å². The van der Waals surface area contributed by atoms with Gasteiger partial charge < -0.3 is 9.73 Å². The van der Waals surface area contributed by atoms with Crippen LogP contribution in [0.15, 0.2) is 28.7 Å². The van der Waals surface area contributed by atoms with Crippen LogP contribution >= 0.6 is 0 Å². The lowest BCUT2D eigenvalue weighted by molar-refractivity contribution is 0.316. The molecule has 1 aliphatic rings. The van der Waals surface area contributed by atoms with Crippen molar-refractivity contribution in [1.82, 2.24) is 9.71 Å². The minimum Gasteiger partial charge on any atom is -0.424 e. The molecule has 0 unspecified atom stereocenters. The van der Waals surface area contributed by atoms with Crippen LogP contribution in [-0.4, -0.2) is 32.2 Å². The summed E-state index contributed by atoms with van der Waals surface area (Å²) in [5.41, 5.74) is 1.44. The molecular weight excluding hydrogens is 290 g/mol. The van der Waals surface area contributed by atoms with Crippen LogP contribution in [0.2, 0.25) is 0 Å². The SMILES string of the molecule is O=S(=O)(CCNc1nc2ccccc2o1)NCC1CCC1. The Bertz CT molecular complexity index is 674. The standard InChI is InChI=1S/C14H19N3O3S/c18-21(19,16-10-11-4-3-5-11)9-8-15-14-17-12-6-1-2-7-13(12)20-14/h1-2,6-7,11,16H,3-5,8-10H2,(H,15,17). The van der Waals surface area contributed by atoms with Crippen molar-refractivity contribution in [3.63, 3.8) is 0 Å². The maximum atomic E-state index is 11.8. The van der Waals surface area contributed by atoms with Gasteiger partial charge in [-0.3, -0.25) is 0 Å². The average molecular weight is 309 g/mol. The van der Waals surface area contributed by atoms with Gasteiger partial charge in [0.05, 0.1) is 5.75 Å². The van der Waals surface area contributed by atoms with E-state index in [-0.39, 0.29) is 12.3 Å². The Labute approximate surface area is 124 Å². The highest BCUT2D eigenvalue weighted by Gasteiger charge is 2.20. The van der Waals surface area contributed by atoms with E-state index in [1.54, 1.807) is 0 Å². The molecule has 2 N–H and O–H groups in total. The van der Waals surface area contributed by atoms with E-state index in [4.69, 9.17) is 4.42 Å². The van der Waals surface area contributed by atoms with Crippen molar-refractivity contribution < 1.29 is 12.8 Å². The first kappa shape index (κ1) is 14.3. The lowest BCUT2D eigenvalue weighted by Gasteiger charge is -2.25. The zero-order chi connectivity index (χ0) is 14.7. The zero-order valence-electron chi connectivity index (χ0n) is 11.7. The minimum atomic E-state index is -3.24. The molecule has 1 aliphatic carbocycles. The van der Waals surface area contributed by atoms with Crippen LogP contribution in [0.5, 0.6) is 0 Å². The predicted molar refractivity (Wildman–Crippen MR) is 81.6 cm³/mol. The van der Waals surface area contributed by atoms with E-state index in [0.29, 0.717) is 24.1 Å². The van der Waals surface area contributed by atoms with Crippen molar-refractivity contribution in [3.8, 4) is 0 Å². The molecule has 0 aliphatic heterocycles. The van der Waals surface area contributed by atoms with Crippen LogP contribution in [0.1, 0.15) is 19.3 Å². The summed E-state index contributed by atoms with van der Waals surface area (Å²) in [5.74, 6) is 0.531. The van der Waals surface area contributed by atoms with E-state index < -0.39 is 10.0 Å². The molecule has 0 atom stereocenters. The largest absolute Gasteiger partial charge is 0.424 e. The Balaban J connectivity index is 1.48. The van der Waals surface area contributed by atoms with Crippen LogP contribution in [0.4, 0.5) is 6.01 Å². The number of nitrogens with one attached hydrogen (secondary N) is 2. The minimum absolute atomic E-state index is 0.0123. The molecule has 1 fully saturated rings. The maximum absolute atomic E-state index is 11.8. The molecule has 0 spiro atoms. The summed E-state index contributed by atoms with van der Waals surface area (Å²) in [6.45, 7) is 0.831. The maximum Gasteiger partial charge on any atom is 0.295 e. The molecule has 3 rings (SSSR count). The third-order valence-electron chi connectivity index (χ3n) is 3.76. The summed E-state index contributed by atoms with van der Waals surface area (Å²) >= 11 is 0. The van der Waals surface area contributed by atoms with Gasteiger partial charge in [-0.15, -0.1) is 0 Å². The second-order valence-electron chi connectivity index (χ2n) is 5.38. The molecule has 0 amide bonds. The fourth-order valence-electron chi connectivity index (χ4n) is 2.25. The van der Waals surface area contributed by atoms with E-state index >= 15 is 0 Å². The second kappa shape index (κ2) is 6.03. The number of hydrogen-bond acceptors (Lipinski definition) is 5. The second-order valence-corrected chi connectivity index (χ2v) is 7.30. The first-order valence-electron chi connectivity index (χ1n) is 7.19. The molecule has 0 radical (unpaired) electrons. The molecule has 2 aromatic rings. The van der Waals surface area contributed by atoms with Gasteiger partial charge in [0.2, 0.25) is 10.0 Å². The van der Waals surface area contributed by atoms with Gasteiger partial charge in [-0.2, -0.15) is 4.98 Å². The molecule has 114 valence electrons. The van der Waals surface area contributed by atoms with E-state index in [2.05, 4.69) is 15.0 Å². The molecule has 1 aromatic heterocycles. The van der Waals surface area contributed by atoms with Gasteiger partial charge in [0.15, 0.2) is 5.58 Å². The number of oxazole rings is 1. The Morgan fingerprint density at radius 3 is 2.81 bits per heavy atom. The number of nitrogens with zero attached hydrogens (tertiary/aromatic N) is 1. The summed E-state index contributed by atoms with van der Waals surface area (Å²) in [6.07, 6.45) is 3.47. The van der Waals surface area contributed by atoms with Crippen molar-refractivity contribution in [2.24, 2.45) is 5.92 Å². The number of anilines is 1. The van der Waals surface area contributed by atoms with Crippen molar-refractivity contribution in [2.45, 2.75) is 19.3 Å². The zero-order valence-corrected chi connectivity index (χ0v) is 12.5. The monoisotopic (exact) mass is 309 g/mol. The van der Waals surface area contributed by atoms with E-state index in [1.807, 2.05) is 24.3 Å². The van der Waals surface area contributed by atoms with Crippen molar-refractivity contribution in [2.75, 3.05) is 24.2 Å². The number of sulfonamides is 1. The first-order valence-corrected chi connectivity index (χ1v) is 8.84. The lowest BCUT2D eigenvalue weighted by Crippen LogP contribution is -2.35. The normalized spacial score (nSPS) is 16.0. The van der Waals surface area contributed by atoms with Gasteiger partial charge >= 0.3 is 0 Å². The van der Waals surface area contributed by atoms with Crippen LogP contribution in [-0.2, 0) is 10.0 Å².